The van der Waals surface area contributed by atoms with Crippen LogP contribution in [-0.4, -0.2) is 23.9 Å². The van der Waals surface area contributed by atoms with Gasteiger partial charge in [-0.15, -0.1) is 0 Å². The number of hydrogen-bond donors (Lipinski definition) is 0. The second-order valence-corrected chi connectivity index (χ2v) is 5.66. The van der Waals surface area contributed by atoms with Crippen molar-refractivity contribution in [3.63, 3.8) is 0 Å². The Hall–Kier alpha value is -0.181. The van der Waals surface area contributed by atoms with Crippen molar-refractivity contribution in [3.05, 3.63) is 10.1 Å². The van der Waals surface area contributed by atoms with Crippen LogP contribution in [0.4, 0.5) is 0 Å². The number of nitrogens with zero attached hydrogens (tertiary/aromatic N) is 2. The van der Waals surface area contributed by atoms with Crippen LogP contribution in [0.5, 0.6) is 0 Å². The van der Waals surface area contributed by atoms with Gasteiger partial charge in [-0.3, -0.25) is 0 Å². The summed E-state index contributed by atoms with van der Waals surface area (Å²) in [6, 6.07) is 0. The first-order valence-corrected chi connectivity index (χ1v) is 5.59. The van der Waals surface area contributed by atoms with Gasteiger partial charge in [-0.2, -0.15) is 0 Å². The third-order valence-corrected chi connectivity index (χ3v) is 4.28. The molecule has 2 heterocycles. The van der Waals surface area contributed by atoms with E-state index in [0.717, 1.165) is 5.69 Å². The van der Waals surface area contributed by atoms with Crippen LogP contribution in [0.15, 0.2) is 0 Å². The molecular weight excluding hydrogens is 219 g/mol. The van der Waals surface area contributed by atoms with Gasteiger partial charge in [0.1, 0.15) is 0 Å². The maximum absolute atomic E-state index is 5.89. The molecule has 0 bridgehead atoms. The van der Waals surface area contributed by atoms with Gasteiger partial charge >= 0.3 is 77.7 Å². The summed E-state index contributed by atoms with van der Waals surface area (Å²) in [5.41, 5.74) is 0.677. The van der Waals surface area contributed by atoms with Crippen LogP contribution >= 0.6 is 0 Å². The maximum atomic E-state index is 5.89. The molecule has 0 aliphatic carbocycles. The Balaban J connectivity index is 2.60. The van der Waals surface area contributed by atoms with E-state index in [1.807, 2.05) is 0 Å². The van der Waals surface area contributed by atoms with E-state index >= 15 is 0 Å². The van der Waals surface area contributed by atoms with Crippen molar-refractivity contribution in [2.45, 2.75) is 38.9 Å². The van der Waals surface area contributed by atoms with E-state index in [2.05, 4.69) is 36.9 Å². The van der Waals surface area contributed by atoms with Crippen LogP contribution in [0.3, 0.4) is 0 Å². The molecule has 1 aliphatic rings. The second-order valence-electron chi connectivity index (χ2n) is 4.07. The van der Waals surface area contributed by atoms with E-state index in [0.29, 0.717) is 0 Å². The molecule has 0 N–H and O–H groups in total. The fourth-order valence-corrected chi connectivity index (χ4v) is 3.47. The van der Waals surface area contributed by atoms with E-state index in [-0.39, 0.29) is 25.9 Å². The molecule has 0 unspecified atom stereocenters. The molecule has 2 rings (SSSR count). The normalized spacial score (nSPS) is 24.0. The van der Waals surface area contributed by atoms with Crippen molar-refractivity contribution in [1.29, 1.82) is 0 Å². The van der Waals surface area contributed by atoms with E-state index in [4.69, 9.17) is 4.74 Å². The predicted molar refractivity (Wildman–Crippen MR) is 46.1 cm³/mol. The van der Waals surface area contributed by atoms with Crippen molar-refractivity contribution >= 4 is 14.7 Å². The average molecular weight is 231 g/mol. The van der Waals surface area contributed by atoms with Crippen LogP contribution in [-0.2, 0) is 15.9 Å². The molecule has 0 aromatic carbocycles. The third-order valence-electron chi connectivity index (χ3n) is 2.12. The summed E-state index contributed by atoms with van der Waals surface area (Å²) in [7, 11) is 0. The quantitative estimate of drug-likeness (QED) is 0.625. The Morgan fingerprint density at radius 1 is 1.17 bits per heavy atom. The van der Waals surface area contributed by atoms with E-state index in [1.165, 1.54) is 4.44 Å². The number of aromatic nitrogens is 2. The molecule has 0 saturated heterocycles. The number of fused-ring (bicyclic) bond motifs is 1. The van der Waals surface area contributed by atoms with Crippen molar-refractivity contribution in [2.75, 3.05) is 0 Å². The Morgan fingerprint density at radius 2 is 1.83 bits per heavy atom. The van der Waals surface area contributed by atoms with Crippen LogP contribution in [0.1, 0.15) is 37.8 Å². The zero-order chi connectivity index (χ0) is 8.98. The fraction of sp³-hybridized carbons (Fsp3) is 0.750. The zero-order valence-corrected chi connectivity index (χ0v) is 9.42. The minimum absolute atomic E-state index is 0.150. The molecule has 12 heavy (non-hydrogen) atoms. The van der Waals surface area contributed by atoms with Crippen LogP contribution in [0.25, 0.3) is 0 Å². The van der Waals surface area contributed by atoms with Crippen molar-refractivity contribution in [3.8, 4) is 0 Å². The van der Waals surface area contributed by atoms with Gasteiger partial charge in [0.2, 0.25) is 0 Å². The van der Waals surface area contributed by atoms with Gasteiger partial charge < -0.3 is 0 Å². The zero-order valence-electron chi connectivity index (χ0n) is 7.71. The fourth-order valence-electron chi connectivity index (χ4n) is 1.71. The van der Waals surface area contributed by atoms with Gasteiger partial charge in [-0.1, -0.05) is 0 Å². The topological polar surface area (TPSA) is 35.0 Å². The molecular formula is C8H12N2OSe. The first-order valence-electron chi connectivity index (χ1n) is 3.97. The van der Waals surface area contributed by atoms with Gasteiger partial charge in [0.05, 0.1) is 0 Å². The number of hydrogen-bond acceptors (Lipinski definition) is 3. The predicted octanol–water partition coefficient (Wildman–Crippen LogP) is 1.03. The molecule has 0 saturated carbocycles. The van der Waals surface area contributed by atoms with Gasteiger partial charge in [0.25, 0.3) is 0 Å². The molecule has 0 fully saturated rings. The second kappa shape index (κ2) is 2.19. The number of ether oxygens (including phenoxy) is 1. The minimum atomic E-state index is -0.236. The van der Waals surface area contributed by atoms with Crippen LogP contribution in [0, 0.1) is 0 Å². The number of rotatable bonds is 0. The molecule has 4 heteroatoms. The first kappa shape index (κ1) is 8.42. The Bertz CT molecular complexity index is 288. The molecule has 1 aromatic rings. The van der Waals surface area contributed by atoms with Gasteiger partial charge in [0.15, 0.2) is 0 Å². The SMILES string of the molecule is CC1(C)OC(C)(C)c2[se]nnc21. The van der Waals surface area contributed by atoms with E-state index in [9.17, 15) is 0 Å². The molecule has 66 valence electrons. The van der Waals surface area contributed by atoms with Gasteiger partial charge in [-0.05, 0) is 0 Å². The monoisotopic (exact) mass is 232 g/mol. The van der Waals surface area contributed by atoms with E-state index < -0.39 is 0 Å². The Kier molecular flexibility index (Phi) is 1.54. The summed E-state index contributed by atoms with van der Waals surface area (Å²) in [6.07, 6.45) is 0. The third kappa shape index (κ3) is 0.987. The molecule has 0 amide bonds. The Morgan fingerprint density at radius 3 is 2.42 bits per heavy atom. The van der Waals surface area contributed by atoms with Crippen molar-refractivity contribution in [1.82, 2.24) is 9.19 Å². The molecule has 0 spiro atoms. The summed E-state index contributed by atoms with van der Waals surface area (Å²) in [4.78, 5) is 0. The van der Waals surface area contributed by atoms with Crippen molar-refractivity contribution in [2.24, 2.45) is 0 Å². The standard InChI is InChI=1S/C8H12N2OSe/c1-7(2)5-6(12-10-9-5)8(3,4)11-7/h1-4H3. The van der Waals surface area contributed by atoms with Gasteiger partial charge in [0, 0.05) is 0 Å². The molecule has 0 atom stereocenters. The average Bonchev–Trinajstić information content (AvgIpc) is 2.34. The van der Waals surface area contributed by atoms with Crippen LogP contribution < -0.4 is 0 Å². The molecule has 1 aliphatic heterocycles. The summed E-state index contributed by atoms with van der Waals surface area (Å²) in [5.74, 6) is 0. The summed E-state index contributed by atoms with van der Waals surface area (Å²) < 4.78 is 11.3. The molecule has 0 radical (unpaired) electrons. The first-order chi connectivity index (χ1) is 5.43. The summed E-state index contributed by atoms with van der Waals surface area (Å²) >= 11 is 0.173. The van der Waals surface area contributed by atoms with E-state index in [1.54, 1.807) is 0 Å². The van der Waals surface area contributed by atoms with Gasteiger partial charge in [-0.25, -0.2) is 0 Å². The molecule has 3 nitrogen and oxygen atoms in total. The summed E-state index contributed by atoms with van der Waals surface area (Å²) in [6.45, 7) is 8.29. The van der Waals surface area contributed by atoms with Crippen LogP contribution in [0.2, 0.25) is 0 Å². The summed E-state index contributed by atoms with van der Waals surface area (Å²) in [5, 5.41) is 4.15. The van der Waals surface area contributed by atoms with Crippen molar-refractivity contribution < 1.29 is 4.74 Å². The molecule has 1 aromatic heterocycles. The Labute approximate surface area is 78.1 Å².